The molecule has 1 heterocycles. The van der Waals surface area contributed by atoms with Crippen molar-refractivity contribution in [3.05, 3.63) is 23.9 Å². The number of nitrogens with one attached hydrogen (secondary N) is 1. The Morgan fingerprint density at radius 3 is 2.21 bits per heavy atom. The van der Waals surface area contributed by atoms with Gasteiger partial charge in [0.15, 0.2) is 0 Å². The van der Waals surface area contributed by atoms with E-state index in [4.69, 9.17) is 5.26 Å². The summed E-state index contributed by atoms with van der Waals surface area (Å²) in [6, 6.07) is 5.94. The summed E-state index contributed by atoms with van der Waals surface area (Å²) in [5.41, 5.74) is 0.937. The van der Waals surface area contributed by atoms with Gasteiger partial charge in [0.1, 0.15) is 11.9 Å². The van der Waals surface area contributed by atoms with Gasteiger partial charge in [-0.2, -0.15) is 5.26 Å². The third kappa shape index (κ3) is 1.90. The molecule has 0 aliphatic heterocycles. The number of nitrogens with zero attached hydrogens (tertiary/aromatic N) is 2. The minimum atomic E-state index is 0.301. The first kappa shape index (κ1) is 11.3. The number of pyridine rings is 1. The highest BCUT2D eigenvalue weighted by Gasteiger charge is 2.50. The van der Waals surface area contributed by atoms with Crippen LogP contribution >= 0.6 is 0 Å². The van der Waals surface area contributed by atoms with E-state index in [1.165, 1.54) is 38.5 Å². The van der Waals surface area contributed by atoms with E-state index in [0.29, 0.717) is 11.1 Å². The maximum atomic E-state index is 8.82. The zero-order valence-electron chi connectivity index (χ0n) is 11.1. The van der Waals surface area contributed by atoms with E-state index < -0.39 is 0 Å². The van der Waals surface area contributed by atoms with Crippen molar-refractivity contribution in [2.75, 3.05) is 5.32 Å². The van der Waals surface area contributed by atoms with Gasteiger partial charge in [-0.15, -0.1) is 0 Å². The van der Waals surface area contributed by atoms with E-state index in [-0.39, 0.29) is 0 Å². The largest absolute Gasteiger partial charge is 0.365 e. The Hall–Kier alpha value is -1.56. The van der Waals surface area contributed by atoms with Crippen molar-refractivity contribution in [2.45, 2.75) is 44.1 Å². The molecule has 4 fully saturated rings. The summed E-state index contributed by atoms with van der Waals surface area (Å²) >= 11 is 0. The molecule has 4 aliphatic carbocycles. The minimum Gasteiger partial charge on any atom is -0.365 e. The van der Waals surface area contributed by atoms with Crippen LogP contribution in [-0.4, -0.2) is 10.5 Å². The molecule has 3 heteroatoms. The molecule has 98 valence electrons. The Balaban J connectivity index is 1.57. The topological polar surface area (TPSA) is 48.7 Å². The lowest BCUT2D eigenvalue weighted by Gasteiger charge is -2.57. The predicted molar refractivity (Wildman–Crippen MR) is 73.5 cm³/mol. The Morgan fingerprint density at radius 1 is 1.11 bits per heavy atom. The quantitative estimate of drug-likeness (QED) is 0.879. The Kier molecular flexibility index (Phi) is 2.35. The van der Waals surface area contributed by atoms with Crippen LogP contribution in [0.3, 0.4) is 0 Å². The van der Waals surface area contributed by atoms with E-state index in [9.17, 15) is 0 Å². The van der Waals surface area contributed by atoms with Gasteiger partial charge in [0.2, 0.25) is 0 Å². The molecule has 4 aliphatic rings. The van der Waals surface area contributed by atoms with Gasteiger partial charge in [-0.05, 0) is 68.4 Å². The average Bonchev–Trinajstić information content (AvgIpc) is 2.37. The van der Waals surface area contributed by atoms with Crippen molar-refractivity contribution in [2.24, 2.45) is 17.8 Å². The SMILES string of the molecule is N#Cc1ccc(NC23CC4CC(CC(C4)C2)C3)nc1. The average molecular weight is 253 g/mol. The zero-order valence-corrected chi connectivity index (χ0v) is 11.1. The fourth-order valence-corrected chi connectivity index (χ4v) is 5.07. The van der Waals surface area contributed by atoms with E-state index in [1.54, 1.807) is 6.20 Å². The van der Waals surface area contributed by atoms with Gasteiger partial charge in [0.25, 0.3) is 0 Å². The summed E-state index contributed by atoms with van der Waals surface area (Å²) in [7, 11) is 0. The lowest BCUT2D eigenvalue weighted by atomic mass is 9.53. The van der Waals surface area contributed by atoms with E-state index in [1.807, 2.05) is 12.1 Å². The van der Waals surface area contributed by atoms with Crippen LogP contribution in [0, 0.1) is 29.1 Å². The molecular formula is C16H19N3. The fraction of sp³-hybridized carbons (Fsp3) is 0.625. The van der Waals surface area contributed by atoms with Gasteiger partial charge in [0, 0.05) is 11.7 Å². The highest BCUT2D eigenvalue weighted by atomic mass is 15.1. The van der Waals surface area contributed by atoms with Gasteiger partial charge in [-0.25, -0.2) is 4.98 Å². The van der Waals surface area contributed by atoms with Crippen molar-refractivity contribution in [1.82, 2.24) is 4.98 Å². The van der Waals surface area contributed by atoms with Crippen molar-refractivity contribution in [1.29, 1.82) is 5.26 Å². The van der Waals surface area contributed by atoms with Crippen LogP contribution in [0.5, 0.6) is 0 Å². The van der Waals surface area contributed by atoms with Crippen LogP contribution in [0.25, 0.3) is 0 Å². The molecule has 4 bridgehead atoms. The second-order valence-corrected chi connectivity index (χ2v) is 6.87. The second-order valence-electron chi connectivity index (χ2n) is 6.87. The summed E-state index contributed by atoms with van der Waals surface area (Å²) in [4.78, 5) is 4.39. The summed E-state index contributed by atoms with van der Waals surface area (Å²) < 4.78 is 0. The summed E-state index contributed by atoms with van der Waals surface area (Å²) in [6.45, 7) is 0. The Bertz CT molecular complexity index is 491. The van der Waals surface area contributed by atoms with Crippen molar-refractivity contribution >= 4 is 5.82 Å². The van der Waals surface area contributed by atoms with Crippen LogP contribution in [0.2, 0.25) is 0 Å². The van der Waals surface area contributed by atoms with Crippen LogP contribution in [-0.2, 0) is 0 Å². The molecule has 1 aromatic rings. The Morgan fingerprint density at radius 2 is 1.74 bits per heavy atom. The molecule has 0 saturated heterocycles. The van der Waals surface area contributed by atoms with E-state index >= 15 is 0 Å². The number of anilines is 1. The zero-order chi connectivity index (χ0) is 12.9. The maximum Gasteiger partial charge on any atom is 0.126 e. The summed E-state index contributed by atoms with van der Waals surface area (Å²) in [5, 5.41) is 12.5. The van der Waals surface area contributed by atoms with Crippen LogP contribution in [0.1, 0.15) is 44.1 Å². The molecule has 3 nitrogen and oxygen atoms in total. The Labute approximate surface area is 114 Å². The molecule has 19 heavy (non-hydrogen) atoms. The van der Waals surface area contributed by atoms with Crippen LogP contribution in [0.15, 0.2) is 18.3 Å². The first-order chi connectivity index (χ1) is 9.25. The van der Waals surface area contributed by atoms with Crippen molar-refractivity contribution in [3.63, 3.8) is 0 Å². The summed E-state index contributed by atoms with van der Waals surface area (Å²) in [6.07, 6.45) is 10.0. The number of hydrogen-bond acceptors (Lipinski definition) is 3. The minimum absolute atomic E-state index is 0.301. The molecule has 0 amide bonds. The van der Waals surface area contributed by atoms with Gasteiger partial charge in [-0.1, -0.05) is 0 Å². The van der Waals surface area contributed by atoms with Crippen molar-refractivity contribution in [3.8, 4) is 6.07 Å². The molecular weight excluding hydrogens is 234 g/mol. The highest BCUT2D eigenvalue weighted by Crippen LogP contribution is 2.56. The third-order valence-corrected chi connectivity index (χ3v) is 5.32. The molecule has 0 spiro atoms. The van der Waals surface area contributed by atoms with Gasteiger partial charge in [-0.3, -0.25) is 0 Å². The lowest BCUT2D eigenvalue weighted by molar-refractivity contribution is 0.0105. The first-order valence-electron chi connectivity index (χ1n) is 7.39. The molecule has 0 atom stereocenters. The molecule has 0 aromatic carbocycles. The first-order valence-corrected chi connectivity index (χ1v) is 7.39. The van der Waals surface area contributed by atoms with Gasteiger partial charge in [0.05, 0.1) is 5.56 Å². The van der Waals surface area contributed by atoms with Gasteiger partial charge >= 0.3 is 0 Å². The number of nitriles is 1. The number of hydrogen-bond donors (Lipinski definition) is 1. The molecule has 4 saturated carbocycles. The predicted octanol–water partition coefficient (Wildman–Crippen LogP) is 3.33. The molecule has 1 aromatic heterocycles. The maximum absolute atomic E-state index is 8.82. The standard InChI is InChI=1S/C16H19N3/c17-9-11-1-2-15(18-10-11)19-16-6-12-3-13(7-16)5-14(4-12)8-16/h1-2,10,12-14H,3-8H2,(H,18,19). The normalized spacial score (nSPS) is 39.0. The highest BCUT2D eigenvalue weighted by molar-refractivity contribution is 5.42. The monoisotopic (exact) mass is 253 g/mol. The molecule has 5 rings (SSSR count). The molecule has 1 N–H and O–H groups in total. The third-order valence-electron chi connectivity index (χ3n) is 5.32. The number of aromatic nitrogens is 1. The second kappa shape index (κ2) is 3.96. The summed E-state index contributed by atoms with van der Waals surface area (Å²) in [5.74, 6) is 3.77. The van der Waals surface area contributed by atoms with Crippen LogP contribution in [0.4, 0.5) is 5.82 Å². The van der Waals surface area contributed by atoms with E-state index in [0.717, 1.165) is 23.6 Å². The number of rotatable bonds is 2. The fourth-order valence-electron chi connectivity index (χ4n) is 5.07. The molecule has 0 radical (unpaired) electrons. The molecule has 0 unspecified atom stereocenters. The van der Waals surface area contributed by atoms with Crippen LogP contribution < -0.4 is 5.32 Å². The van der Waals surface area contributed by atoms with E-state index in [2.05, 4.69) is 16.4 Å². The van der Waals surface area contributed by atoms with Gasteiger partial charge < -0.3 is 5.32 Å². The lowest BCUT2D eigenvalue weighted by Crippen LogP contribution is -2.54. The van der Waals surface area contributed by atoms with Crippen molar-refractivity contribution < 1.29 is 0 Å². The smallest absolute Gasteiger partial charge is 0.126 e.